The largest absolute Gasteiger partial charge is 0.493 e. The van der Waals surface area contributed by atoms with Crippen LogP contribution in [0.4, 0.5) is 0 Å². The van der Waals surface area contributed by atoms with E-state index in [4.69, 9.17) is 24.4 Å². The van der Waals surface area contributed by atoms with Gasteiger partial charge in [-0.15, -0.1) is 5.10 Å². The van der Waals surface area contributed by atoms with Crippen molar-refractivity contribution in [3.63, 3.8) is 0 Å². The molecule has 0 spiro atoms. The van der Waals surface area contributed by atoms with Crippen LogP contribution in [0.2, 0.25) is 0 Å². The first kappa shape index (κ1) is 27.8. The van der Waals surface area contributed by atoms with Gasteiger partial charge in [-0.3, -0.25) is 9.80 Å². The topological polar surface area (TPSA) is 83.8 Å². The second kappa shape index (κ2) is 14.1. The van der Waals surface area contributed by atoms with Gasteiger partial charge in [0.15, 0.2) is 11.5 Å². The van der Waals surface area contributed by atoms with Crippen LogP contribution < -0.4 is 9.47 Å². The molecule has 0 amide bonds. The molecule has 0 radical (unpaired) electrons. The average molecular weight is 508 g/mol. The van der Waals surface area contributed by atoms with Crippen LogP contribution in [-0.4, -0.2) is 74.9 Å². The summed E-state index contributed by atoms with van der Waals surface area (Å²) in [5, 5.41) is 15.5. The monoisotopic (exact) mass is 507 g/mol. The van der Waals surface area contributed by atoms with Crippen molar-refractivity contribution in [3.8, 4) is 11.5 Å². The molecule has 1 heterocycles. The summed E-state index contributed by atoms with van der Waals surface area (Å²) in [4.78, 5) is 13.0. The molecular weight excluding hydrogens is 470 g/mol. The number of hydrogen-bond donors (Lipinski definition) is 1. The highest BCUT2D eigenvalue weighted by Crippen LogP contribution is 2.28. The summed E-state index contributed by atoms with van der Waals surface area (Å²) < 4.78 is 16.2. The normalized spacial score (nSPS) is 13.5. The number of carboxylic acid groups (broad SMARTS) is 1. The van der Waals surface area contributed by atoms with Gasteiger partial charge < -0.3 is 24.2 Å². The molecule has 2 aromatic rings. The van der Waals surface area contributed by atoms with E-state index >= 15 is 0 Å². The molecule has 0 aromatic heterocycles. The minimum absolute atomic E-state index is 0.0118. The van der Waals surface area contributed by atoms with Crippen molar-refractivity contribution in [2.75, 3.05) is 48.0 Å². The minimum Gasteiger partial charge on any atom is -0.493 e. The summed E-state index contributed by atoms with van der Waals surface area (Å²) in [6.07, 6.45) is 8.14. The van der Waals surface area contributed by atoms with Crippen molar-refractivity contribution >= 4 is 23.6 Å². The van der Waals surface area contributed by atoms with Gasteiger partial charge in [-0.05, 0) is 61.3 Å². The Hall–Kier alpha value is -3.78. The Kier molecular flexibility index (Phi) is 10.6. The zero-order valence-electron chi connectivity index (χ0n) is 22.1. The molecule has 198 valence electrons. The lowest BCUT2D eigenvalue weighted by atomic mass is 10.1. The van der Waals surface area contributed by atoms with Crippen LogP contribution in [-0.2, 0) is 16.0 Å². The molecule has 3 rings (SSSR count). The molecule has 8 heteroatoms. The molecule has 1 N–H and O–H groups in total. The number of carboxylic acids is 1. The van der Waals surface area contributed by atoms with Gasteiger partial charge in [0, 0.05) is 19.5 Å². The Morgan fingerprint density at radius 1 is 1.05 bits per heavy atom. The predicted molar refractivity (Wildman–Crippen MR) is 147 cm³/mol. The minimum atomic E-state index is -0.839. The molecule has 8 nitrogen and oxygen atoms in total. The molecule has 0 unspecified atom stereocenters. The molecule has 0 saturated heterocycles. The molecule has 1 aliphatic heterocycles. The van der Waals surface area contributed by atoms with Gasteiger partial charge in [0.25, 0.3) is 0 Å². The lowest BCUT2D eigenvalue weighted by molar-refractivity contribution is -0.135. The lowest BCUT2D eigenvalue weighted by Crippen LogP contribution is -2.28. The number of benzene rings is 2. The van der Waals surface area contributed by atoms with E-state index in [9.17, 15) is 4.79 Å². The fourth-order valence-electron chi connectivity index (χ4n) is 4.10. The molecule has 0 aliphatic carbocycles. The smallest absolute Gasteiger partial charge is 0.307 e. The van der Waals surface area contributed by atoms with E-state index in [-0.39, 0.29) is 6.42 Å². The van der Waals surface area contributed by atoms with Crippen molar-refractivity contribution < 1.29 is 24.1 Å². The quantitative estimate of drug-likeness (QED) is 0.418. The van der Waals surface area contributed by atoms with Gasteiger partial charge in [-0.1, -0.05) is 42.5 Å². The van der Waals surface area contributed by atoms with Gasteiger partial charge in [0.2, 0.25) is 5.90 Å². The average Bonchev–Trinajstić information content (AvgIpc) is 2.92. The van der Waals surface area contributed by atoms with Gasteiger partial charge in [0.05, 0.1) is 33.4 Å². The summed E-state index contributed by atoms with van der Waals surface area (Å²) in [7, 11) is 7.08. The molecule has 37 heavy (non-hydrogen) atoms. The van der Waals surface area contributed by atoms with Gasteiger partial charge in [-0.25, -0.2) is 0 Å². The highest BCUT2D eigenvalue weighted by atomic mass is 16.5. The van der Waals surface area contributed by atoms with Crippen molar-refractivity contribution in [2.45, 2.75) is 25.7 Å². The Morgan fingerprint density at radius 3 is 2.49 bits per heavy atom. The molecule has 1 aliphatic rings. The van der Waals surface area contributed by atoms with E-state index < -0.39 is 5.97 Å². The summed E-state index contributed by atoms with van der Waals surface area (Å²) in [6, 6.07) is 14.1. The first-order valence-electron chi connectivity index (χ1n) is 12.4. The summed E-state index contributed by atoms with van der Waals surface area (Å²) in [5.41, 5.74) is 4.29. The predicted octanol–water partition coefficient (Wildman–Crippen LogP) is 4.76. The van der Waals surface area contributed by atoms with Crippen molar-refractivity contribution in [3.05, 3.63) is 71.3 Å². The van der Waals surface area contributed by atoms with Crippen molar-refractivity contribution in [1.29, 1.82) is 0 Å². The maximum absolute atomic E-state index is 10.7. The number of aliphatic carboxylic acids is 1. The number of ether oxygens (including phenoxy) is 3. The van der Waals surface area contributed by atoms with Crippen LogP contribution >= 0.6 is 0 Å². The Bertz CT molecular complexity index is 1120. The second-order valence-corrected chi connectivity index (χ2v) is 8.83. The first-order chi connectivity index (χ1) is 17.9. The van der Waals surface area contributed by atoms with Crippen LogP contribution in [0, 0.1) is 0 Å². The molecule has 0 atom stereocenters. The number of rotatable bonds is 13. The van der Waals surface area contributed by atoms with E-state index in [1.54, 1.807) is 27.4 Å². The molecule has 0 bridgehead atoms. The molecule has 0 saturated carbocycles. The highest BCUT2D eigenvalue weighted by molar-refractivity contribution is 5.83. The summed E-state index contributed by atoms with van der Waals surface area (Å²) >= 11 is 0. The van der Waals surface area contributed by atoms with Gasteiger partial charge in [0.1, 0.15) is 0 Å². The molecular formula is C29H37N3O5. The Morgan fingerprint density at radius 2 is 1.81 bits per heavy atom. The fourth-order valence-corrected chi connectivity index (χ4v) is 4.10. The standard InChI is InChI=1S/C29H37N3O5/c1-31(20-17-23-11-15-26(35-2)27(21-23)36-3)18-6-19-32-25(14-16-28(30-32)37-4)24-12-9-22(10-13-24)7-5-8-29(33)34/h5,7,9-15,21H,6,8,16-20H2,1-4H3,(H,33,34). The number of likely N-dealkylation sites (N-methyl/N-ethyl adjacent to an activating group) is 1. The summed E-state index contributed by atoms with van der Waals surface area (Å²) in [5.74, 6) is 1.35. The van der Waals surface area contributed by atoms with Gasteiger partial charge in [-0.2, -0.15) is 0 Å². The first-order valence-corrected chi connectivity index (χ1v) is 12.4. The third-order valence-corrected chi connectivity index (χ3v) is 6.17. The zero-order valence-corrected chi connectivity index (χ0v) is 22.1. The fraction of sp³-hybridized carbons (Fsp3) is 0.379. The number of methoxy groups -OCH3 is 3. The Labute approximate surface area is 219 Å². The van der Waals surface area contributed by atoms with E-state index in [1.165, 1.54) is 5.56 Å². The van der Waals surface area contributed by atoms with Crippen molar-refractivity contribution in [1.82, 2.24) is 9.91 Å². The Balaban J connectivity index is 1.55. The number of hydrogen-bond acceptors (Lipinski definition) is 7. The van der Waals surface area contributed by atoms with Crippen LogP contribution in [0.15, 0.2) is 59.7 Å². The number of nitrogens with zero attached hydrogens (tertiary/aromatic N) is 3. The number of carbonyl (C=O) groups is 1. The summed E-state index contributed by atoms with van der Waals surface area (Å²) in [6.45, 7) is 2.63. The van der Waals surface area contributed by atoms with E-state index in [0.717, 1.165) is 60.8 Å². The molecule has 0 fully saturated rings. The van der Waals surface area contributed by atoms with Crippen molar-refractivity contribution in [2.24, 2.45) is 5.10 Å². The lowest BCUT2D eigenvalue weighted by Gasteiger charge is -2.27. The number of hydrazone groups is 1. The SMILES string of the molecule is COC1=NN(CCCN(C)CCc2ccc(OC)c(OC)c2)C(c2ccc(C=CCC(=O)O)cc2)=CC1. The van der Waals surface area contributed by atoms with E-state index in [0.29, 0.717) is 12.3 Å². The highest BCUT2D eigenvalue weighted by Gasteiger charge is 2.17. The van der Waals surface area contributed by atoms with Crippen LogP contribution in [0.3, 0.4) is 0 Å². The van der Waals surface area contributed by atoms with E-state index in [1.807, 2.05) is 47.5 Å². The van der Waals surface area contributed by atoms with Crippen LogP contribution in [0.1, 0.15) is 36.0 Å². The maximum atomic E-state index is 10.7. The van der Waals surface area contributed by atoms with E-state index in [2.05, 4.69) is 24.1 Å². The van der Waals surface area contributed by atoms with Crippen LogP contribution in [0.25, 0.3) is 11.8 Å². The maximum Gasteiger partial charge on any atom is 0.307 e. The zero-order chi connectivity index (χ0) is 26.6. The third kappa shape index (κ3) is 8.39. The van der Waals surface area contributed by atoms with Crippen LogP contribution in [0.5, 0.6) is 11.5 Å². The van der Waals surface area contributed by atoms with Gasteiger partial charge >= 0.3 is 5.97 Å². The third-order valence-electron chi connectivity index (χ3n) is 6.17. The second-order valence-electron chi connectivity index (χ2n) is 8.83. The molecule has 2 aromatic carbocycles.